The molecule has 26 heavy (non-hydrogen) atoms. The first-order valence-corrected chi connectivity index (χ1v) is 8.90. The van der Waals surface area contributed by atoms with E-state index in [0.717, 1.165) is 16.8 Å². The summed E-state index contributed by atoms with van der Waals surface area (Å²) in [4.78, 5) is 26.0. The molecular formula is C19H23N5O2. The summed E-state index contributed by atoms with van der Waals surface area (Å²) in [6, 6.07) is 5.89. The Morgan fingerprint density at radius 1 is 1.35 bits per heavy atom. The Morgan fingerprint density at radius 3 is 2.73 bits per heavy atom. The van der Waals surface area contributed by atoms with E-state index in [1.165, 1.54) is 19.8 Å². The van der Waals surface area contributed by atoms with Gasteiger partial charge in [-0.15, -0.1) is 0 Å². The van der Waals surface area contributed by atoms with Crippen LogP contribution in [-0.4, -0.2) is 32.5 Å². The number of fused-ring (bicyclic) bond motifs is 1. The molecule has 0 saturated heterocycles. The van der Waals surface area contributed by atoms with E-state index in [4.69, 9.17) is 5.73 Å². The van der Waals surface area contributed by atoms with E-state index in [0.29, 0.717) is 29.5 Å². The summed E-state index contributed by atoms with van der Waals surface area (Å²) < 4.78 is 1.70. The Bertz CT molecular complexity index is 913. The molecular weight excluding hydrogens is 330 g/mol. The normalized spacial score (nSPS) is 17.3. The van der Waals surface area contributed by atoms with Gasteiger partial charge in [-0.25, -0.2) is 0 Å². The summed E-state index contributed by atoms with van der Waals surface area (Å²) in [5, 5.41) is 6.99. The molecule has 2 heterocycles. The predicted molar refractivity (Wildman–Crippen MR) is 99.4 cm³/mol. The van der Waals surface area contributed by atoms with E-state index in [-0.39, 0.29) is 17.9 Å². The third-order valence-corrected chi connectivity index (χ3v) is 5.34. The molecule has 1 fully saturated rings. The van der Waals surface area contributed by atoms with E-state index in [1.54, 1.807) is 4.68 Å². The molecule has 1 atom stereocenters. The van der Waals surface area contributed by atoms with Crippen LogP contribution >= 0.6 is 0 Å². The SMILES string of the molecule is CC(=O)Nc1cc(-c2cc(N)c3c(c2)CN(C(C)C2CC2)C3=O)n(C)n1. The van der Waals surface area contributed by atoms with Crippen LogP contribution < -0.4 is 11.1 Å². The number of aromatic nitrogens is 2. The van der Waals surface area contributed by atoms with Crippen LogP contribution in [0.2, 0.25) is 0 Å². The summed E-state index contributed by atoms with van der Waals surface area (Å²) in [7, 11) is 1.82. The number of hydrogen-bond acceptors (Lipinski definition) is 4. The smallest absolute Gasteiger partial charge is 0.256 e. The van der Waals surface area contributed by atoms with Crippen molar-refractivity contribution < 1.29 is 9.59 Å². The lowest BCUT2D eigenvalue weighted by atomic mass is 10.0. The van der Waals surface area contributed by atoms with Crippen LogP contribution in [-0.2, 0) is 18.4 Å². The molecule has 0 spiro atoms. The molecule has 1 aliphatic carbocycles. The number of benzene rings is 1. The van der Waals surface area contributed by atoms with Crippen LogP contribution in [0.25, 0.3) is 11.3 Å². The molecule has 7 heteroatoms. The van der Waals surface area contributed by atoms with Gasteiger partial charge in [0.25, 0.3) is 5.91 Å². The topological polar surface area (TPSA) is 93.3 Å². The lowest BCUT2D eigenvalue weighted by Gasteiger charge is -2.24. The number of carbonyl (C=O) groups excluding carboxylic acids is 2. The number of amides is 2. The maximum absolute atomic E-state index is 12.8. The first-order chi connectivity index (χ1) is 12.3. The van der Waals surface area contributed by atoms with E-state index in [9.17, 15) is 9.59 Å². The quantitative estimate of drug-likeness (QED) is 0.825. The molecule has 136 valence electrons. The van der Waals surface area contributed by atoms with Crippen molar-refractivity contribution in [1.82, 2.24) is 14.7 Å². The molecule has 1 aliphatic heterocycles. The van der Waals surface area contributed by atoms with Crippen LogP contribution in [0.5, 0.6) is 0 Å². The highest BCUT2D eigenvalue weighted by Gasteiger charge is 2.39. The van der Waals surface area contributed by atoms with E-state index in [1.807, 2.05) is 30.1 Å². The van der Waals surface area contributed by atoms with Crippen LogP contribution in [0.3, 0.4) is 0 Å². The number of nitrogens with one attached hydrogen (secondary N) is 1. The molecule has 4 rings (SSSR count). The van der Waals surface area contributed by atoms with Crippen molar-refractivity contribution >= 4 is 23.3 Å². The lowest BCUT2D eigenvalue weighted by Crippen LogP contribution is -2.34. The summed E-state index contributed by atoms with van der Waals surface area (Å²) in [5.41, 5.74) is 10.1. The third-order valence-electron chi connectivity index (χ3n) is 5.34. The highest BCUT2D eigenvalue weighted by molar-refractivity contribution is 6.04. The van der Waals surface area contributed by atoms with Crippen molar-refractivity contribution in [3.05, 3.63) is 29.3 Å². The highest BCUT2D eigenvalue weighted by Crippen LogP contribution is 2.40. The average Bonchev–Trinajstić information content (AvgIpc) is 3.27. The van der Waals surface area contributed by atoms with Crippen LogP contribution in [0.15, 0.2) is 18.2 Å². The Balaban J connectivity index is 1.69. The Morgan fingerprint density at radius 2 is 2.08 bits per heavy atom. The van der Waals surface area contributed by atoms with Crippen molar-refractivity contribution in [2.75, 3.05) is 11.1 Å². The van der Waals surface area contributed by atoms with Gasteiger partial charge in [0.05, 0.1) is 11.3 Å². The van der Waals surface area contributed by atoms with Gasteiger partial charge in [-0.1, -0.05) is 0 Å². The standard InChI is InChI=1S/C19H23N5O2/c1-10(12-4-5-12)24-9-14-6-13(7-15(20)18(14)19(24)26)16-8-17(21-11(2)25)22-23(16)3/h6-8,10,12H,4-5,9,20H2,1-3H3,(H,21,22,25). The second kappa shape index (κ2) is 5.86. The Kier molecular flexibility index (Phi) is 3.75. The number of hydrogen-bond donors (Lipinski definition) is 2. The molecule has 1 saturated carbocycles. The number of rotatable bonds is 4. The number of nitrogens with zero attached hydrogens (tertiary/aromatic N) is 3. The fourth-order valence-corrected chi connectivity index (χ4v) is 3.80. The molecule has 3 N–H and O–H groups in total. The van der Waals surface area contributed by atoms with Crippen LogP contribution in [0.4, 0.5) is 11.5 Å². The molecule has 0 bridgehead atoms. The number of anilines is 2. The van der Waals surface area contributed by atoms with E-state index in [2.05, 4.69) is 17.3 Å². The van der Waals surface area contributed by atoms with Gasteiger partial charge < -0.3 is 16.0 Å². The van der Waals surface area contributed by atoms with Gasteiger partial charge in [-0.3, -0.25) is 14.3 Å². The molecule has 1 aromatic carbocycles. The van der Waals surface area contributed by atoms with Gasteiger partial charge in [0.1, 0.15) is 0 Å². The molecule has 2 aromatic rings. The lowest BCUT2D eigenvalue weighted by molar-refractivity contribution is -0.114. The van der Waals surface area contributed by atoms with Gasteiger partial charge in [-0.2, -0.15) is 5.10 Å². The summed E-state index contributed by atoms with van der Waals surface area (Å²) >= 11 is 0. The minimum atomic E-state index is -0.168. The summed E-state index contributed by atoms with van der Waals surface area (Å²) in [6.07, 6.45) is 2.39. The largest absolute Gasteiger partial charge is 0.398 e. The highest BCUT2D eigenvalue weighted by atomic mass is 16.2. The zero-order chi connectivity index (χ0) is 18.6. The average molecular weight is 353 g/mol. The van der Waals surface area contributed by atoms with E-state index < -0.39 is 0 Å². The maximum Gasteiger partial charge on any atom is 0.256 e. The minimum absolute atomic E-state index is 0.0346. The first-order valence-electron chi connectivity index (χ1n) is 8.90. The Hall–Kier alpha value is -2.83. The zero-order valence-electron chi connectivity index (χ0n) is 15.2. The van der Waals surface area contributed by atoms with Crippen molar-refractivity contribution in [2.45, 2.75) is 39.3 Å². The van der Waals surface area contributed by atoms with Crippen molar-refractivity contribution in [3.8, 4) is 11.3 Å². The molecule has 2 aliphatic rings. The van der Waals surface area contributed by atoms with Crippen molar-refractivity contribution in [2.24, 2.45) is 13.0 Å². The molecule has 1 unspecified atom stereocenters. The molecule has 7 nitrogen and oxygen atoms in total. The molecule has 1 aromatic heterocycles. The zero-order valence-corrected chi connectivity index (χ0v) is 15.2. The van der Waals surface area contributed by atoms with Crippen molar-refractivity contribution in [1.29, 1.82) is 0 Å². The number of carbonyl (C=O) groups is 2. The fraction of sp³-hybridized carbons (Fsp3) is 0.421. The van der Waals surface area contributed by atoms with Crippen molar-refractivity contribution in [3.63, 3.8) is 0 Å². The van der Waals surface area contributed by atoms with Crippen LogP contribution in [0, 0.1) is 5.92 Å². The first kappa shape index (κ1) is 16.6. The minimum Gasteiger partial charge on any atom is -0.398 e. The Labute approximate surface area is 152 Å². The van der Waals surface area contributed by atoms with Gasteiger partial charge in [-0.05, 0) is 43.4 Å². The summed E-state index contributed by atoms with van der Waals surface area (Å²) in [5.74, 6) is 0.978. The maximum atomic E-state index is 12.8. The fourth-order valence-electron chi connectivity index (χ4n) is 3.80. The third kappa shape index (κ3) is 2.73. The second-order valence-corrected chi connectivity index (χ2v) is 7.33. The van der Waals surface area contributed by atoms with Gasteiger partial charge in [0, 0.05) is 43.9 Å². The summed E-state index contributed by atoms with van der Waals surface area (Å²) in [6.45, 7) is 4.17. The number of nitrogens with two attached hydrogens (primary N) is 1. The number of aryl methyl sites for hydroxylation is 1. The van der Waals surface area contributed by atoms with Crippen LogP contribution in [0.1, 0.15) is 42.6 Å². The van der Waals surface area contributed by atoms with Gasteiger partial charge in [0.15, 0.2) is 5.82 Å². The molecule has 2 amide bonds. The monoisotopic (exact) mass is 353 g/mol. The number of nitrogen functional groups attached to an aromatic ring is 1. The van der Waals surface area contributed by atoms with E-state index >= 15 is 0 Å². The predicted octanol–water partition coefficient (Wildman–Crippen LogP) is 2.38. The second-order valence-electron chi connectivity index (χ2n) is 7.33. The molecule has 0 radical (unpaired) electrons. The van der Waals surface area contributed by atoms with Gasteiger partial charge in [0.2, 0.25) is 5.91 Å². The van der Waals surface area contributed by atoms with Gasteiger partial charge >= 0.3 is 0 Å².